The average molecular weight is 312 g/mol. The van der Waals surface area contributed by atoms with Gasteiger partial charge in [-0.3, -0.25) is 15.0 Å². The molecular formula is C13H14ClN3O2S. The van der Waals surface area contributed by atoms with Crippen LogP contribution in [0.4, 0.5) is 11.4 Å². The number of benzene rings is 1. The van der Waals surface area contributed by atoms with Gasteiger partial charge in [0.25, 0.3) is 5.69 Å². The highest BCUT2D eigenvalue weighted by Crippen LogP contribution is 2.25. The number of nitro groups is 1. The van der Waals surface area contributed by atoms with Crippen molar-refractivity contribution >= 4 is 34.3 Å². The van der Waals surface area contributed by atoms with E-state index in [-0.39, 0.29) is 11.4 Å². The van der Waals surface area contributed by atoms with Crippen LogP contribution in [-0.4, -0.2) is 16.9 Å². The van der Waals surface area contributed by atoms with Gasteiger partial charge < -0.3 is 5.73 Å². The van der Waals surface area contributed by atoms with Gasteiger partial charge in [0.1, 0.15) is 5.69 Å². The SMILES string of the molecule is CN(Cc1ccc([N+](=O)[O-])c(N)c1)Cc1ccc(Cl)s1. The van der Waals surface area contributed by atoms with E-state index in [1.54, 1.807) is 23.5 Å². The summed E-state index contributed by atoms with van der Waals surface area (Å²) in [5.74, 6) is 0. The largest absolute Gasteiger partial charge is 0.393 e. The van der Waals surface area contributed by atoms with Gasteiger partial charge >= 0.3 is 0 Å². The molecule has 1 heterocycles. The van der Waals surface area contributed by atoms with Gasteiger partial charge in [0.05, 0.1) is 9.26 Å². The number of anilines is 1. The smallest absolute Gasteiger partial charge is 0.292 e. The van der Waals surface area contributed by atoms with Gasteiger partial charge in [-0.2, -0.15) is 0 Å². The summed E-state index contributed by atoms with van der Waals surface area (Å²) in [6.07, 6.45) is 0. The summed E-state index contributed by atoms with van der Waals surface area (Å²) in [6.45, 7) is 1.44. The number of halogens is 1. The molecule has 2 aromatic rings. The first-order valence-corrected chi connectivity index (χ1v) is 7.10. The third-order valence-corrected chi connectivity index (χ3v) is 4.01. The van der Waals surface area contributed by atoms with E-state index in [2.05, 4.69) is 4.90 Å². The molecule has 0 aliphatic heterocycles. The number of nitro benzene ring substituents is 1. The maximum absolute atomic E-state index is 10.7. The first kappa shape index (κ1) is 14.8. The predicted molar refractivity (Wildman–Crippen MR) is 82.0 cm³/mol. The fourth-order valence-electron chi connectivity index (χ4n) is 1.94. The molecule has 0 atom stereocenters. The molecule has 0 saturated heterocycles. The third kappa shape index (κ3) is 3.69. The number of rotatable bonds is 5. The summed E-state index contributed by atoms with van der Waals surface area (Å²) >= 11 is 7.44. The lowest BCUT2D eigenvalue weighted by Crippen LogP contribution is -2.16. The van der Waals surface area contributed by atoms with Gasteiger partial charge in [0, 0.05) is 24.0 Å². The lowest BCUT2D eigenvalue weighted by atomic mass is 10.1. The summed E-state index contributed by atoms with van der Waals surface area (Å²) in [7, 11) is 1.98. The minimum Gasteiger partial charge on any atom is -0.393 e. The monoisotopic (exact) mass is 311 g/mol. The van der Waals surface area contributed by atoms with E-state index >= 15 is 0 Å². The molecule has 0 amide bonds. The van der Waals surface area contributed by atoms with Crippen LogP contribution in [0.15, 0.2) is 30.3 Å². The molecule has 2 rings (SSSR count). The van der Waals surface area contributed by atoms with E-state index in [4.69, 9.17) is 17.3 Å². The molecule has 1 aromatic heterocycles. The summed E-state index contributed by atoms with van der Waals surface area (Å²) < 4.78 is 0.771. The molecule has 0 unspecified atom stereocenters. The second-order valence-corrected chi connectivity index (χ2v) is 6.33. The molecule has 0 radical (unpaired) electrons. The number of nitrogen functional groups attached to an aromatic ring is 1. The fourth-order valence-corrected chi connectivity index (χ4v) is 3.11. The molecule has 0 spiro atoms. The Balaban J connectivity index is 2.02. The maximum atomic E-state index is 10.7. The Morgan fingerprint density at radius 3 is 2.65 bits per heavy atom. The molecule has 1 aromatic carbocycles. The van der Waals surface area contributed by atoms with E-state index in [9.17, 15) is 10.1 Å². The Morgan fingerprint density at radius 2 is 2.10 bits per heavy atom. The van der Waals surface area contributed by atoms with Crippen LogP contribution in [0.5, 0.6) is 0 Å². The summed E-state index contributed by atoms with van der Waals surface area (Å²) in [5.41, 5.74) is 6.76. The van der Waals surface area contributed by atoms with E-state index in [1.807, 2.05) is 19.2 Å². The summed E-state index contributed by atoms with van der Waals surface area (Å²) in [6, 6.07) is 8.69. The van der Waals surface area contributed by atoms with E-state index in [1.165, 1.54) is 10.9 Å². The van der Waals surface area contributed by atoms with Crippen LogP contribution >= 0.6 is 22.9 Å². The van der Waals surface area contributed by atoms with Crippen LogP contribution in [0.25, 0.3) is 0 Å². The first-order valence-electron chi connectivity index (χ1n) is 5.91. The molecule has 0 bridgehead atoms. The summed E-state index contributed by atoms with van der Waals surface area (Å²) in [5, 5.41) is 10.7. The van der Waals surface area contributed by atoms with Gasteiger partial charge in [-0.25, -0.2) is 0 Å². The van der Waals surface area contributed by atoms with Gasteiger partial charge in [0.15, 0.2) is 0 Å². The number of nitrogens with zero attached hydrogens (tertiary/aromatic N) is 2. The quantitative estimate of drug-likeness (QED) is 0.521. The van der Waals surface area contributed by atoms with Gasteiger partial charge in [-0.1, -0.05) is 17.7 Å². The topological polar surface area (TPSA) is 72.4 Å². The molecule has 0 saturated carbocycles. The van der Waals surface area contributed by atoms with Gasteiger partial charge in [0.2, 0.25) is 0 Å². The van der Waals surface area contributed by atoms with Crippen molar-refractivity contribution in [1.29, 1.82) is 0 Å². The molecule has 0 aliphatic rings. The Morgan fingerprint density at radius 1 is 1.35 bits per heavy atom. The zero-order valence-electron chi connectivity index (χ0n) is 10.9. The minimum absolute atomic E-state index is 0.0542. The predicted octanol–water partition coefficient (Wildman–Crippen LogP) is 3.52. The van der Waals surface area contributed by atoms with Crippen LogP contribution in [0, 0.1) is 10.1 Å². The van der Waals surface area contributed by atoms with Crippen molar-refractivity contribution in [3.8, 4) is 0 Å². The van der Waals surface area contributed by atoms with Crippen molar-refractivity contribution in [2.75, 3.05) is 12.8 Å². The molecule has 20 heavy (non-hydrogen) atoms. The lowest BCUT2D eigenvalue weighted by Gasteiger charge is -2.15. The zero-order chi connectivity index (χ0) is 14.7. The van der Waals surface area contributed by atoms with Crippen LogP contribution in [0.2, 0.25) is 4.34 Å². The first-order chi connectivity index (χ1) is 9.45. The van der Waals surface area contributed by atoms with Crippen molar-refractivity contribution in [3.63, 3.8) is 0 Å². The number of thiophene rings is 1. The average Bonchev–Trinajstić information content (AvgIpc) is 2.74. The number of nitrogens with two attached hydrogens (primary N) is 1. The van der Waals surface area contributed by atoms with Crippen LogP contribution < -0.4 is 5.73 Å². The maximum Gasteiger partial charge on any atom is 0.292 e. The highest BCUT2D eigenvalue weighted by molar-refractivity contribution is 7.16. The van der Waals surface area contributed by atoms with Crippen molar-refractivity contribution in [2.45, 2.75) is 13.1 Å². The Kier molecular flexibility index (Phi) is 4.59. The normalized spacial score (nSPS) is 10.9. The van der Waals surface area contributed by atoms with Crippen LogP contribution in [0.3, 0.4) is 0 Å². The van der Waals surface area contributed by atoms with E-state index in [0.717, 1.165) is 16.4 Å². The summed E-state index contributed by atoms with van der Waals surface area (Å²) in [4.78, 5) is 13.5. The van der Waals surface area contributed by atoms with Crippen molar-refractivity contribution in [2.24, 2.45) is 0 Å². The number of hydrogen-bond donors (Lipinski definition) is 1. The molecule has 5 nitrogen and oxygen atoms in total. The Bertz CT molecular complexity index is 630. The van der Waals surface area contributed by atoms with E-state index in [0.29, 0.717) is 6.54 Å². The molecular weight excluding hydrogens is 298 g/mol. The lowest BCUT2D eigenvalue weighted by molar-refractivity contribution is -0.383. The molecule has 0 fully saturated rings. The van der Waals surface area contributed by atoms with Crippen molar-refractivity contribution in [3.05, 3.63) is 55.2 Å². The number of hydrogen-bond acceptors (Lipinski definition) is 5. The molecule has 0 aliphatic carbocycles. The van der Waals surface area contributed by atoms with Crippen molar-refractivity contribution in [1.82, 2.24) is 4.90 Å². The highest BCUT2D eigenvalue weighted by Gasteiger charge is 2.12. The molecule has 2 N–H and O–H groups in total. The van der Waals surface area contributed by atoms with Crippen LogP contribution in [-0.2, 0) is 13.1 Å². The zero-order valence-corrected chi connectivity index (χ0v) is 12.4. The van der Waals surface area contributed by atoms with Gasteiger partial charge in [-0.15, -0.1) is 11.3 Å². The van der Waals surface area contributed by atoms with Crippen LogP contribution in [0.1, 0.15) is 10.4 Å². The Labute approximate surface area is 125 Å². The fraction of sp³-hybridized carbons (Fsp3) is 0.231. The molecule has 106 valence electrons. The van der Waals surface area contributed by atoms with Crippen molar-refractivity contribution < 1.29 is 4.92 Å². The highest BCUT2D eigenvalue weighted by atomic mass is 35.5. The molecule has 7 heteroatoms. The van der Waals surface area contributed by atoms with E-state index < -0.39 is 4.92 Å². The minimum atomic E-state index is -0.476. The Hall–Kier alpha value is -1.63. The second-order valence-electron chi connectivity index (χ2n) is 4.53. The second kappa shape index (κ2) is 6.21. The third-order valence-electron chi connectivity index (χ3n) is 2.80. The standard InChI is InChI=1S/C13H14ClN3O2S/c1-16(8-10-3-5-13(14)20-10)7-9-2-4-12(17(18)19)11(15)6-9/h2-6H,7-8,15H2,1H3. The van der Waals surface area contributed by atoms with Gasteiger partial charge in [-0.05, 0) is 30.8 Å².